The van der Waals surface area contributed by atoms with Gasteiger partial charge in [0.25, 0.3) is 0 Å². The molecule has 1 saturated heterocycles. The van der Waals surface area contributed by atoms with E-state index in [1.165, 1.54) is 0 Å². The normalized spacial score (nSPS) is 29.6. The second-order valence-corrected chi connectivity index (χ2v) is 15.2. The Hall–Kier alpha value is 0.0769. The van der Waals surface area contributed by atoms with Crippen LogP contribution in [-0.2, 0) is 19.1 Å². The number of sulfone groups is 1. The van der Waals surface area contributed by atoms with Crippen LogP contribution in [0.4, 0.5) is 0 Å². The van der Waals surface area contributed by atoms with Crippen molar-refractivity contribution >= 4 is 40.0 Å². The summed E-state index contributed by atoms with van der Waals surface area (Å²) in [6.07, 6.45) is 0.600. The van der Waals surface area contributed by atoms with Crippen LogP contribution in [0, 0.1) is 0 Å². The molecular formula is C12H24BrNO4SSi. The van der Waals surface area contributed by atoms with E-state index in [1.54, 1.807) is 6.92 Å². The van der Waals surface area contributed by atoms with Crippen LogP contribution in [0.2, 0.25) is 18.1 Å². The molecule has 0 aromatic heterocycles. The zero-order chi connectivity index (χ0) is 16.1. The number of β-lactam (4-membered cyclic amide) rings is 1. The van der Waals surface area contributed by atoms with Gasteiger partial charge in [-0.15, -0.1) is 0 Å². The molecule has 0 aromatic rings. The molecule has 1 aliphatic rings. The molecule has 3 atom stereocenters. The average molecular weight is 386 g/mol. The van der Waals surface area contributed by atoms with Gasteiger partial charge in [0.05, 0.1) is 6.10 Å². The van der Waals surface area contributed by atoms with Gasteiger partial charge in [0, 0.05) is 6.26 Å². The van der Waals surface area contributed by atoms with Crippen LogP contribution in [0.3, 0.4) is 0 Å². The van der Waals surface area contributed by atoms with Crippen LogP contribution in [-0.4, -0.2) is 44.7 Å². The van der Waals surface area contributed by atoms with Gasteiger partial charge < -0.3 is 9.74 Å². The first-order valence-corrected chi connectivity index (χ1v) is 12.2. The van der Waals surface area contributed by atoms with Crippen molar-refractivity contribution < 1.29 is 17.6 Å². The maximum atomic E-state index is 11.9. The summed E-state index contributed by atoms with van der Waals surface area (Å²) in [5.74, 6) is -0.334. The maximum Gasteiger partial charge on any atom is 0.243 e. The third kappa shape index (κ3) is 2.98. The number of carbonyl (C=O) groups is 1. The standard InChI is InChI=1S/C12H24BrNO4SSi/c1-8(18-20(6,7)11(2,3)4)12(13)9(15)14-10(12)19(5,16)17/h8,10H,1-7H3,(H,14,15)/t8-,10+,12-/m0/s1. The molecule has 118 valence electrons. The first-order valence-electron chi connectivity index (χ1n) is 6.50. The highest BCUT2D eigenvalue weighted by molar-refractivity contribution is 9.10. The predicted molar refractivity (Wildman–Crippen MR) is 86.2 cm³/mol. The van der Waals surface area contributed by atoms with E-state index in [0.717, 1.165) is 6.26 Å². The van der Waals surface area contributed by atoms with Crippen LogP contribution in [0.5, 0.6) is 0 Å². The molecule has 8 heteroatoms. The number of alkyl halides is 1. The molecule has 1 amide bonds. The first kappa shape index (κ1) is 18.1. The van der Waals surface area contributed by atoms with Crippen LogP contribution in [0.15, 0.2) is 0 Å². The average Bonchev–Trinajstić information content (AvgIpc) is 2.20. The van der Waals surface area contributed by atoms with Crippen LogP contribution >= 0.6 is 15.9 Å². The van der Waals surface area contributed by atoms with Crippen LogP contribution < -0.4 is 5.32 Å². The monoisotopic (exact) mass is 385 g/mol. The predicted octanol–water partition coefficient (Wildman–Crippen LogP) is 2.03. The fraction of sp³-hybridized carbons (Fsp3) is 0.917. The summed E-state index contributed by atoms with van der Waals surface area (Å²) >= 11 is 3.33. The Balaban J connectivity index is 3.02. The molecular weight excluding hydrogens is 362 g/mol. The number of nitrogens with one attached hydrogen (secondary N) is 1. The van der Waals surface area contributed by atoms with Crippen LogP contribution in [0.25, 0.3) is 0 Å². The largest absolute Gasteiger partial charge is 0.412 e. The Labute approximate surface area is 131 Å². The molecule has 20 heavy (non-hydrogen) atoms. The Kier molecular flexibility index (Phi) is 4.59. The maximum absolute atomic E-state index is 11.9. The molecule has 0 aliphatic carbocycles. The summed E-state index contributed by atoms with van der Waals surface area (Å²) in [5, 5.41) is 1.49. The summed E-state index contributed by atoms with van der Waals surface area (Å²) in [6, 6.07) is 0. The first-order chi connectivity index (χ1) is 8.64. The van der Waals surface area contributed by atoms with Gasteiger partial charge >= 0.3 is 0 Å². The van der Waals surface area contributed by atoms with Gasteiger partial charge in [0.2, 0.25) is 5.91 Å². The fourth-order valence-electron chi connectivity index (χ4n) is 1.90. The van der Waals surface area contributed by atoms with Gasteiger partial charge in [0.15, 0.2) is 27.9 Å². The van der Waals surface area contributed by atoms with Crippen molar-refractivity contribution in [3.05, 3.63) is 0 Å². The highest BCUT2D eigenvalue weighted by Gasteiger charge is 2.62. The minimum Gasteiger partial charge on any atom is -0.412 e. The van der Waals surface area contributed by atoms with Gasteiger partial charge in [0.1, 0.15) is 0 Å². The van der Waals surface area contributed by atoms with Gasteiger partial charge in [-0.1, -0.05) is 36.7 Å². The second-order valence-electron chi connectivity index (χ2n) is 6.97. The van der Waals surface area contributed by atoms with Crippen molar-refractivity contribution in [1.82, 2.24) is 5.32 Å². The van der Waals surface area contributed by atoms with Gasteiger partial charge in [-0.3, -0.25) is 4.79 Å². The zero-order valence-electron chi connectivity index (χ0n) is 13.1. The number of halogens is 1. The van der Waals surface area contributed by atoms with E-state index in [2.05, 4.69) is 55.1 Å². The number of amides is 1. The Morgan fingerprint density at radius 2 is 1.85 bits per heavy atom. The summed E-state index contributed by atoms with van der Waals surface area (Å²) in [6.45, 7) is 12.2. The summed E-state index contributed by atoms with van der Waals surface area (Å²) < 4.78 is 28.5. The van der Waals surface area contributed by atoms with Crippen molar-refractivity contribution in [3.63, 3.8) is 0 Å². The van der Waals surface area contributed by atoms with E-state index in [1.807, 2.05) is 0 Å². The minimum atomic E-state index is -3.39. The molecule has 0 unspecified atom stereocenters. The van der Waals surface area contributed by atoms with Crippen molar-refractivity contribution in [1.29, 1.82) is 0 Å². The Morgan fingerprint density at radius 3 is 2.15 bits per heavy atom. The van der Waals surface area contributed by atoms with Crippen molar-refractivity contribution in [2.75, 3.05) is 6.26 Å². The lowest BCUT2D eigenvalue weighted by molar-refractivity contribution is -0.133. The van der Waals surface area contributed by atoms with E-state index in [0.29, 0.717) is 0 Å². The van der Waals surface area contributed by atoms with Gasteiger partial charge in [-0.05, 0) is 25.1 Å². The van der Waals surface area contributed by atoms with E-state index in [-0.39, 0.29) is 10.9 Å². The van der Waals surface area contributed by atoms with E-state index >= 15 is 0 Å². The SMILES string of the molecule is C[C@H](O[Si](C)(C)C(C)(C)C)[C@]1(Br)C(=O)N[C@@H]1S(C)(=O)=O. The molecule has 5 nitrogen and oxygen atoms in total. The van der Waals surface area contributed by atoms with Crippen molar-refractivity contribution in [2.24, 2.45) is 0 Å². The molecule has 0 aromatic carbocycles. The second kappa shape index (κ2) is 5.07. The molecule has 1 heterocycles. The van der Waals surface area contributed by atoms with Crippen molar-refractivity contribution in [2.45, 2.75) is 61.6 Å². The molecule has 1 N–H and O–H groups in total. The lowest BCUT2D eigenvalue weighted by atomic mass is 9.95. The molecule has 1 rings (SSSR count). The topological polar surface area (TPSA) is 72.5 Å². The zero-order valence-corrected chi connectivity index (χ0v) is 16.5. The molecule has 0 radical (unpaired) electrons. The summed E-state index contributed by atoms with van der Waals surface area (Å²) in [5.41, 5.74) is 0. The lowest BCUT2D eigenvalue weighted by Crippen LogP contribution is -2.76. The fourth-order valence-corrected chi connectivity index (χ4v) is 6.08. The molecule has 0 spiro atoms. The third-order valence-electron chi connectivity index (χ3n) is 4.29. The number of carbonyl (C=O) groups excluding carboxylic acids is 1. The van der Waals surface area contributed by atoms with Gasteiger partial charge in [-0.2, -0.15) is 0 Å². The summed E-state index contributed by atoms with van der Waals surface area (Å²) in [7, 11) is -5.47. The third-order valence-corrected chi connectivity index (χ3v) is 12.0. The molecule has 0 saturated carbocycles. The van der Waals surface area contributed by atoms with Crippen molar-refractivity contribution in [3.8, 4) is 0 Å². The van der Waals surface area contributed by atoms with Gasteiger partial charge in [-0.25, -0.2) is 8.42 Å². The lowest BCUT2D eigenvalue weighted by Gasteiger charge is -2.49. The number of hydrogen-bond donors (Lipinski definition) is 1. The van der Waals surface area contributed by atoms with Crippen LogP contribution in [0.1, 0.15) is 27.7 Å². The quantitative estimate of drug-likeness (QED) is 0.456. The Morgan fingerprint density at radius 1 is 1.40 bits per heavy atom. The highest BCUT2D eigenvalue weighted by atomic mass is 79.9. The molecule has 1 aliphatic heterocycles. The van der Waals surface area contributed by atoms with E-state index in [9.17, 15) is 13.2 Å². The number of hydrogen-bond acceptors (Lipinski definition) is 4. The number of rotatable bonds is 4. The smallest absolute Gasteiger partial charge is 0.243 e. The highest BCUT2D eigenvalue weighted by Crippen LogP contribution is 2.43. The molecule has 0 bridgehead atoms. The minimum absolute atomic E-state index is 0.00850. The Bertz CT molecular complexity index is 514. The van der Waals surface area contributed by atoms with E-state index < -0.39 is 34.0 Å². The van der Waals surface area contributed by atoms with E-state index in [4.69, 9.17) is 4.43 Å². The molecule has 1 fully saturated rings. The summed E-state index contributed by atoms with van der Waals surface area (Å²) in [4.78, 5) is 11.9.